The van der Waals surface area contributed by atoms with E-state index >= 15 is 0 Å². The second-order valence-corrected chi connectivity index (χ2v) is 12.8. The van der Waals surface area contributed by atoms with Crippen molar-refractivity contribution in [2.24, 2.45) is 17.8 Å². The summed E-state index contributed by atoms with van der Waals surface area (Å²) in [4.78, 5) is 28.4. The summed E-state index contributed by atoms with van der Waals surface area (Å²) in [5.41, 5.74) is -0.611. The van der Waals surface area contributed by atoms with E-state index in [4.69, 9.17) is 18.9 Å². The molecule has 2 rings (SSSR count). The van der Waals surface area contributed by atoms with E-state index in [1.165, 1.54) is 6.08 Å². The average Bonchev–Trinajstić information content (AvgIpc) is 2.96. The number of hydrogen-bond donors (Lipinski definition) is 4. The van der Waals surface area contributed by atoms with Gasteiger partial charge in [0.2, 0.25) is 0 Å². The average molecular weight is 626 g/mol. The highest BCUT2D eigenvalue weighted by Crippen LogP contribution is 2.35. The number of carbonyl (C=O) groups is 2. The number of ether oxygens (including phenoxy) is 4. The number of carbonyl (C=O) groups excluding carboxylic acids is 2. The van der Waals surface area contributed by atoms with E-state index < -0.39 is 78.3 Å². The number of allylic oxidation sites excluding steroid dienone is 2. The number of aliphatic hydroxyl groups excluding tert-OH is 4. The maximum Gasteiger partial charge on any atom is 0.308 e. The predicted molar refractivity (Wildman–Crippen MR) is 165 cm³/mol. The minimum Gasteiger partial charge on any atom is -0.462 e. The van der Waals surface area contributed by atoms with Gasteiger partial charge in [0, 0.05) is 11.8 Å². The summed E-state index contributed by atoms with van der Waals surface area (Å²) >= 11 is 0. The van der Waals surface area contributed by atoms with Gasteiger partial charge in [-0.25, -0.2) is 0 Å². The van der Waals surface area contributed by atoms with E-state index in [-0.39, 0.29) is 31.8 Å². The third-order valence-electron chi connectivity index (χ3n) is 8.86. The van der Waals surface area contributed by atoms with Crippen LogP contribution in [0.2, 0.25) is 0 Å². The van der Waals surface area contributed by atoms with Gasteiger partial charge in [0.1, 0.15) is 17.8 Å². The molecule has 252 valence electrons. The van der Waals surface area contributed by atoms with Crippen LogP contribution in [0.3, 0.4) is 0 Å². The fourth-order valence-corrected chi connectivity index (χ4v) is 6.19. The summed E-state index contributed by atoms with van der Waals surface area (Å²) in [6.45, 7) is 14.1. The maximum atomic E-state index is 13.7. The molecular formula is C33H55NO10. The van der Waals surface area contributed by atoms with Crippen molar-refractivity contribution in [1.82, 2.24) is 4.90 Å². The Hall–Kier alpha value is -1.96. The molecule has 7 unspecified atom stereocenters. The first-order valence-electron chi connectivity index (χ1n) is 15.6. The fraction of sp³-hybridized carbons (Fsp3) is 0.758. The van der Waals surface area contributed by atoms with Gasteiger partial charge in [-0.15, -0.1) is 6.58 Å². The summed E-state index contributed by atoms with van der Waals surface area (Å²) in [7, 11) is 3.48. The van der Waals surface area contributed by atoms with E-state index in [2.05, 4.69) is 6.58 Å². The molecule has 0 aliphatic carbocycles. The molecule has 0 aromatic rings. The fourth-order valence-electron chi connectivity index (χ4n) is 6.19. The molecule has 1 saturated heterocycles. The molecule has 0 aromatic heterocycles. The van der Waals surface area contributed by atoms with Gasteiger partial charge in [-0.3, -0.25) is 9.59 Å². The molecule has 0 radical (unpaired) electrons. The third-order valence-corrected chi connectivity index (χ3v) is 8.86. The standard InChI is InChI=1S/C33H55NO10/c1-10-14-41-33(7)17-20(4)31(44-32-30(40)28(34(8)9)29(39)22(6)42-32)21(5)24(36)16-27(38)43-25(11-2)23(18-35)15-19(3)12-13-26(33)37/h10,12-13,15,20-25,28-32,35-36,39-40H,1,11,14,16-18H2,2-9H3/t20-,21-,22?,23?,24+,25?,28?,29?,30?,31-,32?,33-/m0/s1. The van der Waals surface area contributed by atoms with Crippen LogP contribution in [0.4, 0.5) is 0 Å². The van der Waals surface area contributed by atoms with Crippen LogP contribution in [0, 0.1) is 17.8 Å². The first-order valence-corrected chi connectivity index (χ1v) is 15.6. The predicted octanol–water partition coefficient (Wildman–Crippen LogP) is 2.16. The van der Waals surface area contributed by atoms with Crippen LogP contribution >= 0.6 is 0 Å². The van der Waals surface area contributed by atoms with Crippen molar-refractivity contribution in [3.05, 3.63) is 36.5 Å². The Morgan fingerprint density at radius 1 is 1.14 bits per heavy atom. The zero-order chi connectivity index (χ0) is 33.4. The van der Waals surface area contributed by atoms with Crippen LogP contribution < -0.4 is 0 Å². The lowest BCUT2D eigenvalue weighted by molar-refractivity contribution is -0.304. The van der Waals surface area contributed by atoms with Gasteiger partial charge < -0.3 is 44.3 Å². The quantitative estimate of drug-likeness (QED) is 0.232. The van der Waals surface area contributed by atoms with Crippen molar-refractivity contribution in [3.63, 3.8) is 0 Å². The second-order valence-electron chi connectivity index (χ2n) is 12.8. The minimum atomic E-state index is -1.31. The first-order chi connectivity index (χ1) is 20.6. The lowest BCUT2D eigenvalue weighted by Gasteiger charge is -2.46. The Morgan fingerprint density at radius 3 is 2.36 bits per heavy atom. The van der Waals surface area contributed by atoms with Gasteiger partial charge in [0.15, 0.2) is 12.1 Å². The Balaban J connectivity index is 2.58. The molecule has 0 amide bonds. The molecule has 4 N–H and O–H groups in total. The van der Waals surface area contributed by atoms with Crippen molar-refractivity contribution in [3.8, 4) is 0 Å². The number of cyclic esters (lactones) is 1. The number of likely N-dealkylation sites (N-methyl/N-ethyl adjacent to an activating group) is 1. The highest BCUT2D eigenvalue weighted by atomic mass is 16.7. The van der Waals surface area contributed by atoms with Gasteiger partial charge >= 0.3 is 5.97 Å². The highest BCUT2D eigenvalue weighted by molar-refractivity contribution is 5.97. The van der Waals surface area contributed by atoms with E-state index in [0.29, 0.717) is 12.0 Å². The Kier molecular flexibility index (Phi) is 14.9. The molecule has 2 aliphatic heterocycles. The molecule has 11 heteroatoms. The van der Waals surface area contributed by atoms with Crippen LogP contribution in [0.5, 0.6) is 0 Å². The molecule has 2 heterocycles. The van der Waals surface area contributed by atoms with Crippen molar-refractivity contribution in [2.75, 3.05) is 27.3 Å². The lowest BCUT2D eigenvalue weighted by atomic mass is 9.80. The summed E-state index contributed by atoms with van der Waals surface area (Å²) in [6, 6.07) is -0.685. The van der Waals surface area contributed by atoms with Crippen molar-refractivity contribution < 1.29 is 49.0 Å². The SMILES string of the molecule is C=CCO[C@@]1(C)C[C@H](C)[C@H](OC2OC(C)C(O)C(N(C)C)C2O)[C@@H](C)[C@H](O)CC(=O)OC(CC)C(CO)C=C(C)C=CC1=O. The van der Waals surface area contributed by atoms with E-state index in [1.807, 2.05) is 13.8 Å². The number of hydrogen-bond acceptors (Lipinski definition) is 11. The third kappa shape index (κ3) is 9.77. The van der Waals surface area contributed by atoms with Crippen LogP contribution in [0.15, 0.2) is 36.5 Å². The molecule has 1 fully saturated rings. The smallest absolute Gasteiger partial charge is 0.308 e. The van der Waals surface area contributed by atoms with Gasteiger partial charge in [-0.1, -0.05) is 44.6 Å². The molecular weight excluding hydrogens is 570 g/mol. The molecule has 2 aliphatic rings. The molecule has 0 saturated carbocycles. The Labute approximate surface area is 262 Å². The van der Waals surface area contributed by atoms with Crippen LogP contribution in [0.1, 0.15) is 60.8 Å². The topological polar surface area (TPSA) is 155 Å². The second kappa shape index (κ2) is 17.1. The molecule has 0 bridgehead atoms. The van der Waals surface area contributed by atoms with Gasteiger partial charge in [0.25, 0.3) is 0 Å². The zero-order valence-electron chi connectivity index (χ0n) is 27.6. The van der Waals surface area contributed by atoms with Crippen LogP contribution in [-0.2, 0) is 28.5 Å². The molecule has 12 atom stereocenters. The number of aliphatic hydroxyl groups is 4. The van der Waals surface area contributed by atoms with Crippen molar-refractivity contribution >= 4 is 11.8 Å². The van der Waals surface area contributed by atoms with Gasteiger partial charge in [-0.2, -0.15) is 0 Å². The molecule has 11 nitrogen and oxygen atoms in total. The summed E-state index contributed by atoms with van der Waals surface area (Å²) in [5, 5.41) is 43.3. The highest BCUT2D eigenvalue weighted by Gasteiger charge is 2.47. The van der Waals surface area contributed by atoms with Crippen molar-refractivity contribution in [1.29, 1.82) is 0 Å². The van der Waals surface area contributed by atoms with Crippen LogP contribution in [0.25, 0.3) is 0 Å². The molecule has 0 aromatic carbocycles. The number of rotatable bonds is 8. The van der Waals surface area contributed by atoms with E-state index in [9.17, 15) is 30.0 Å². The monoisotopic (exact) mass is 625 g/mol. The van der Waals surface area contributed by atoms with E-state index in [0.717, 1.165) is 0 Å². The number of nitrogens with zero attached hydrogens (tertiary/aromatic N) is 1. The largest absolute Gasteiger partial charge is 0.462 e. The van der Waals surface area contributed by atoms with Crippen molar-refractivity contribution in [2.45, 2.75) is 115 Å². The zero-order valence-corrected chi connectivity index (χ0v) is 27.6. The lowest BCUT2D eigenvalue weighted by Crippen LogP contribution is -2.63. The number of ketones is 1. The van der Waals surface area contributed by atoms with Crippen LogP contribution in [-0.4, -0.2) is 119 Å². The summed E-state index contributed by atoms with van der Waals surface area (Å²) in [6.07, 6.45) is -0.0715. The Bertz CT molecular complexity index is 1010. The molecule has 44 heavy (non-hydrogen) atoms. The Morgan fingerprint density at radius 2 is 1.80 bits per heavy atom. The number of esters is 1. The first kappa shape index (κ1) is 38.2. The normalized spacial score (nSPS) is 40.0. The molecule has 0 spiro atoms. The van der Waals surface area contributed by atoms with E-state index in [1.54, 1.807) is 64.9 Å². The summed E-state index contributed by atoms with van der Waals surface area (Å²) in [5.74, 6) is -2.58. The maximum absolute atomic E-state index is 13.7. The summed E-state index contributed by atoms with van der Waals surface area (Å²) < 4.78 is 24.1. The van der Waals surface area contributed by atoms with Gasteiger partial charge in [0.05, 0.1) is 50.1 Å². The minimum absolute atomic E-state index is 0.113. The van der Waals surface area contributed by atoms with Gasteiger partial charge in [-0.05, 0) is 59.7 Å².